The van der Waals surface area contributed by atoms with Crippen LogP contribution in [-0.4, -0.2) is 0 Å². The SMILES string of the molecule is c1ccc(-c2ccccc2-c2ccccc2-c2ccccc2N(c2ccc3c(c2)C2(c4ccccc4-c4ccccc42)c2ccccc2-3)c2ccc3c(c2)C2(c4ccccc4-3)C3CC4CC(C3)CC2C4)cc1. The van der Waals surface area contributed by atoms with E-state index >= 15 is 0 Å². The normalized spacial score (nSPS) is 21.5. The molecule has 0 heterocycles. The van der Waals surface area contributed by atoms with Gasteiger partial charge in [0.05, 0.1) is 11.1 Å². The van der Waals surface area contributed by atoms with Gasteiger partial charge < -0.3 is 4.90 Å². The molecule has 4 saturated carbocycles. The summed E-state index contributed by atoms with van der Waals surface area (Å²) in [6, 6.07) is 90.4. The van der Waals surface area contributed by atoms with Gasteiger partial charge in [-0.25, -0.2) is 0 Å². The zero-order chi connectivity index (χ0) is 47.1. The van der Waals surface area contributed by atoms with Crippen molar-refractivity contribution >= 4 is 17.1 Å². The topological polar surface area (TPSA) is 3.24 Å². The number of anilines is 3. The molecule has 0 N–H and O–H groups in total. The monoisotopic (exact) mass is 919 g/mol. The Labute approximate surface area is 423 Å². The van der Waals surface area contributed by atoms with Crippen molar-refractivity contribution in [2.75, 3.05) is 4.90 Å². The van der Waals surface area contributed by atoms with E-state index in [1.165, 1.54) is 138 Å². The first-order valence-electron chi connectivity index (χ1n) is 26.5. The van der Waals surface area contributed by atoms with Crippen LogP contribution >= 0.6 is 0 Å². The molecule has 4 fully saturated rings. The summed E-state index contributed by atoms with van der Waals surface area (Å²) in [4.78, 5) is 2.64. The summed E-state index contributed by atoms with van der Waals surface area (Å²) in [6.07, 6.45) is 6.87. The van der Waals surface area contributed by atoms with E-state index < -0.39 is 5.41 Å². The van der Waals surface area contributed by atoms with Gasteiger partial charge in [-0.2, -0.15) is 0 Å². The third-order valence-corrected chi connectivity index (χ3v) is 18.7. The third-order valence-electron chi connectivity index (χ3n) is 18.7. The molecule has 0 saturated heterocycles. The second-order valence-corrected chi connectivity index (χ2v) is 21.9. The standard InChI is InChI=1S/C71H53N/c1-2-18-47(19-3-1)52-20-4-5-21-53(52)54-22-6-7-23-55(54)62-28-12-17-33-69(62)72(50-34-36-60-58-26-8-13-29-63(58)70(67(60)43-50)48-39-45-38-46(41-48)42-49(70)40-45)51-35-37-61-59-27-11-16-32-66(59)71(68(61)44-51)64-30-14-9-24-56(64)57-25-10-15-31-65(57)71/h1-37,43-46,48-49H,38-42H2. The summed E-state index contributed by atoms with van der Waals surface area (Å²) in [5, 5.41) is 0. The van der Waals surface area contributed by atoms with Crippen LogP contribution in [0.5, 0.6) is 0 Å². The van der Waals surface area contributed by atoms with Gasteiger partial charge in [0.25, 0.3) is 0 Å². The molecule has 0 unspecified atom stereocenters. The van der Waals surface area contributed by atoms with Crippen molar-refractivity contribution in [3.63, 3.8) is 0 Å². The highest BCUT2D eigenvalue weighted by molar-refractivity contribution is 6.00. The van der Waals surface area contributed by atoms with Crippen molar-refractivity contribution in [3.05, 3.63) is 270 Å². The minimum absolute atomic E-state index is 0.0369. The maximum Gasteiger partial charge on any atom is 0.0726 e. The first-order chi connectivity index (χ1) is 35.7. The van der Waals surface area contributed by atoms with Gasteiger partial charge >= 0.3 is 0 Å². The zero-order valence-corrected chi connectivity index (χ0v) is 40.3. The Morgan fingerprint density at radius 3 is 1.21 bits per heavy atom. The smallest absolute Gasteiger partial charge is 0.0726 e. The highest BCUT2D eigenvalue weighted by Crippen LogP contribution is 2.70. The number of fused-ring (bicyclic) bond motifs is 13. The molecule has 0 radical (unpaired) electrons. The molecule has 0 aromatic heterocycles. The van der Waals surface area contributed by atoms with Crippen LogP contribution in [0.25, 0.3) is 66.8 Å². The van der Waals surface area contributed by atoms with Crippen LogP contribution in [0.1, 0.15) is 65.5 Å². The van der Waals surface area contributed by atoms with Gasteiger partial charge in [0, 0.05) is 22.4 Å². The van der Waals surface area contributed by atoms with Gasteiger partial charge in [-0.3, -0.25) is 0 Å². The van der Waals surface area contributed by atoms with E-state index in [4.69, 9.17) is 0 Å². The third kappa shape index (κ3) is 5.38. The number of hydrogen-bond donors (Lipinski definition) is 0. The van der Waals surface area contributed by atoms with Crippen LogP contribution in [-0.2, 0) is 10.8 Å². The molecular weight excluding hydrogens is 867 g/mol. The molecule has 2 spiro atoms. The molecule has 7 aliphatic rings. The predicted molar refractivity (Wildman–Crippen MR) is 297 cm³/mol. The first-order valence-corrected chi connectivity index (χ1v) is 26.5. The lowest BCUT2D eigenvalue weighted by molar-refractivity contribution is -0.0399. The molecule has 0 atom stereocenters. The van der Waals surface area contributed by atoms with Gasteiger partial charge in [-0.15, -0.1) is 0 Å². The summed E-state index contributed by atoms with van der Waals surface area (Å²) in [5.74, 6) is 3.09. The average Bonchev–Trinajstić information content (AvgIpc) is 4.02. The molecule has 4 bridgehead atoms. The quantitative estimate of drug-likeness (QED) is 0.161. The fraction of sp³-hybridized carbons (Fsp3) is 0.155. The van der Waals surface area contributed by atoms with Gasteiger partial charge in [-0.05, 0) is 181 Å². The summed E-state index contributed by atoms with van der Waals surface area (Å²) in [7, 11) is 0. The molecule has 0 amide bonds. The molecular formula is C71H53N. The maximum atomic E-state index is 2.68. The molecule has 342 valence electrons. The molecule has 1 heteroatoms. The number of para-hydroxylation sites is 1. The largest absolute Gasteiger partial charge is 0.310 e. The highest BCUT2D eigenvalue weighted by Gasteiger charge is 2.61. The first kappa shape index (κ1) is 40.7. The second-order valence-electron chi connectivity index (χ2n) is 21.9. The fourth-order valence-corrected chi connectivity index (χ4v) is 16.4. The second kappa shape index (κ2) is 15.3. The van der Waals surface area contributed by atoms with E-state index in [-0.39, 0.29) is 5.41 Å². The zero-order valence-electron chi connectivity index (χ0n) is 40.3. The van der Waals surface area contributed by atoms with Crippen molar-refractivity contribution in [2.45, 2.75) is 42.9 Å². The minimum atomic E-state index is -0.460. The predicted octanol–water partition coefficient (Wildman–Crippen LogP) is 18.2. The van der Waals surface area contributed by atoms with Crippen LogP contribution in [0.2, 0.25) is 0 Å². The van der Waals surface area contributed by atoms with Gasteiger partial charge in [0.2, 0.25) is 0 Å². The van der Waals surface area contributed by atoms with E-state index in [0.717, 1.165) is 11.8 Å². The van der Waals surface area contributed by atoms with Crippen molar-refractivity contribution in [3.8, 4) is 66.8 Å². The average molecular weight is 920 g/mol. The van der Waals surface area contributed by atoms with E-state index in [9.17, 15) is 0 Å². The van der Waals surface area contributed by atoms with Gasteiger partial charge in [-0.1, -0.05) is 206 Å². The number of benzene rings is 10. The molecule has 17 rings (SSSR count). The van der Waals surface area contributed by atoms with Crippen LogP contribution in [0, 0.1) is 23.7 Å². The molecule has 7 aliphatic carbocycles. The van der Waals surface area contributed by atoms with E-state index in [0.29, 0.717) is 11.8 Å². The van der Waals surface area contributed by atoms with E-state index in [1.807, 2.05) is 0 Å². The Kier molecular flexibility index (Phi) is 8.62. The Balaban J connectivity index is 0.960. The van der Waals surface area contributed by atoms with E-state index in [2.05, 4.69) is 241 Å². The Morgan fingerprint density at radius 2 is 0.653 bits per heavy atom. The maximum absolute atomic E-state index is 2.68. The summed E-state index contributed by atoms with van der Waals surface area (Å²) < 4.78 is 0. The Hall–Kier alpha value is -8.00. The lowest BCUT2D eigenvalue weighted by Crippen LogP contribution is -2.55. The number of nitrogens with zero attached hydrogens (tertiary/aromatic N) is 1. The Morgan fingerprint density at radius 1 is 0.278 bits per heavy atom. The Bertz CT molecular complexity index is 3760. The summed E-state index contributed by atoms with van der Waals surface area (Å²) >= 11 is 0. The van der Waals surface area contributed by atoms with Crippen molar-refractivity contribution in [2.24, 2.45) is 23.7 Å². The summed E-state index contributed by atoms with van der Waals surface area (Å²) in [5.41, 5.74) is 27.3. The molecule has 72 heavy (non-hydrogen) atoms. The van der Waals surface area contributed by atoms with Crippen LogP contribution in [0.15, 0.2) is 237 Å². The molecule has 0 aliphatic heterocycles. The lowest BCUT2D eigenvalue weighted by Gasteiger charge is -2.61. The van der Waals surface area contributed by atoms with Gasteiger partial charge in [0.15, 0.2) is 0 Å². The summed E-state index contributed by atoms with van der Waals surface area (Å²) in [6.45, 7) is 0. The highest BCUT2D eigenvalue weighted by atomic mass is 15.1. The van der Waals surface area contributed by atoms with Crippen LogP contribution in [0.4, 0.5) is 17.1 Å². The van der Waals surface area contributed by atoms with Crippen molar-refractivity contribution in [1.82, 2.24) is 0 Å². The molecule has 10 aromatic carbocycles. The number of rotatable bonds is 6. The number of hydrogen-bond acceptors (Lipinski definition) is 1. The molecule has 1 nitrogen and oxygen atoms in total. The van der Waals surface area contributed by atoms with Gasteiger partial charge in [0.1, 0.15) is 0 Å². The van der Waals surface area contributed by atoms with Crippen molar-refractivity contribution in [1.29, 1.82) is 0 Å². The minimum Gasteiger partial charge on any atom is -0.310 e. The van der Waals surface area contributed by atoms with Crippen molar-refractivity contribution < 1.29 is 0 Å². The van der Waals surface area contributed by atoms with Crippen LogP contribution in [0.3, 0.4) is 0 Å². The van der Waals surface area contributed by atoms with Crippen LogP contribution < -0.4 is 4.90 Å². The lowest BCUT2D eigenvalue weighted by atomic mass is 9.43. The van der Waals surface area contributed by atoms with E-state index in [1.54, 1.807) is 11.1 Å². The molecule has 10 aromatic rings. The fourth-order valence-electron chi connectivity index (χ4n) is 16.4.